The summed E-state index contributed by atoms with van der Waals surface area (Å²) < 4.78 is 10.3. The summed E-state index contributed by atoms with van der Waals surface area (Å²) in [5, 5.41) is 12.6. The normalized spacial score (nSPS) is 15.0. The Balaban J connectivity index is 1.89. The molecule has 156 valence electrons. The van der Waals surface area contributed by atoms with Crippen LogP contribution in [0.4, 0.5) is 4.79 Å². The van der Waals surface area contributed by atoms with Gasteiger partial charge in [0.1, 0.15) is 11.5 Å². The van der Waals surface area contributed by atoms with E-state index in [1.165, 1.54) is 60.5 Å². The number of rotatable bonds is 4. The molecule has 0 N–H and O–H groups in total. The van der Waals surface area contributed by atoms with Gasteiger partial charge in [-0.15, -0.1) is 0 Å². The number of carbonyl (C=O) groups is 2. The van der Waals surface area contributed by atoms with Crippen LogP contribution in [0.3, 0.4) is 0 Å². The molecule has 3 rings (SSSR count). The van der Waals surface area contributed by atoms with Crippen molar-refractivity contribution in [1.29, 1.82) is 0 Å². The third-order valence-electron chi connectivity index (χ3n) is 4.13. The van der Waals surface area contributed by atoms with E-state index in [2.05, 4.69) is 0 Å². The molecule has 0 unspecified atom stereocenters. The van der Waals surface area contributed by atoms with Gasteiger partial charge in [0.2, 0.25) is 5.82 Å². The maximum Gasteiger partial charge on any atom is 0.421 e. The van der Waals surface area contributed by atoms with Crippen molar-refractivity contribution in [2.24, 2.45) is 0 Å². The Morgan fingerprint density at radius 3 is 1.93 bits per heavy atom. The Labute approximate surface area is 181 Å². The molecular formula is C19H15Cl2N3O6. The van der Waals surface area contributed by atoms with E-state index in [1.807, 2.05) is 0 Å². The van der Waals surface area contributed by atoms with E-state index in [0.717, 1.165) is 4.90 Å². The van der Waals surface area contributed by atoms with Crippen molar-refractivity contribution in [2.75, 3.05) is 20.1 Å². The van der Waals surface area contributed by atoms with E-state index in [9.17, 15) is 19.7 Å². The fourth-order valence-electron chi connectivity index (χ4n) is 2.72. The Kier molecular flexibility index (Phi) is 6.43. The Morgan fingerprint density at radius 2 is 1.43 bits per heavy atom. The minimum Gasteiger partial charge on any atom is -0.418 e. The number of benzene rings is 2. The number of likely N-dealkylation sites (N-methyl/N-ethyl adjacent to an activating group) is 1. The van der Waals surface area contributed by atoms with Crippen LogP contribution in [0.15, 0.2) is 60.0 Å². The first-order chi connectivity index (χ1) is 14.3. The van der Waals surface area contributed by atoms with E-state index < -0.39 is 22.7 Å². The first kappa shape index (κ1) is 21.4. The van der Waals surface area contributed by atoms with Gasteiger partial charge in [-0.25, -0.2) is 9.59 Å². The van der Waals surface area contributed by atoms with Crippen molar-refractivity contribution in [1.82, 2.24) is 9.80 Å². The molecule has 1 fully saturated rings. The van der Waals surface area contributed by atoms with Gasteiger partial charge in [0.25, 0.3) is 0 Å². The van der Waals surface area contributed by atoms with Gasteiger partial charge in [0, 0.05) is 30.2 Å². The topological polar surface area (TPSA) is 102 Å². The average Bonchev–Trinajstić information content (AvgIpc) is 3.07. The van der Waals surface area contributed by atoms with Crippen molar-refractivity contribution < 1.29 is 24.0 Å². The molecule has 1 amide bonds. The highest BCUT2D eigenvalue weighted by atomic mass is 35.5. The minimum atomic E-state index is -1.23. The molecule has 0 aromatic heterocycles. The molecule has 1 saturated heterocycles. The molecule has 9 nitrogen and oxygen atoms in total. The van der Waals surface area contributed by atoms with E-state index in [-0.39, 0.29) is 30.4 Å². The highest BCUT2D eigenvalue weighted by Gasteiger charge is 2.41. The lowest BCUT2D eigenvalue weighted by molar-refractivity contribution is -0.423. The van der Waals surface area contributed by atoms with E-state index >= 15 is 0 Å². The summed E-state index contributed by atoms with van der Waals surface area (Å²) in [4.78, 5) is 38.4. The standard InChI is InChI=1S/C19H15Cl2N3O6/c1-22-10-11-23(19(26)30-15-8-4-13(21)5-9-15)17(22)16(24(27)28)18(25)29-14-6-2-12(20)3-7-14/h2-9H,10-11H2,1H3/b17-16-. The van der Waals surface area contributed by atoms with Crippen LogP contribution in [0.5, 0.6) is 11.5 Å². The van der Waals surface area contributed by atoms with Gasteiger partial charge in [0.05, 0.1) is 4.92 Å². The quantitative estimate of drug-likeness (QED) is 0.229. The number of hydrogen-bond acceptors (Lipinski definition) is 7. The van der Waals surface area contributed by atoms with Gasteiger partial charge in [-0.05, 0) is 48.5 Å². The second kappa shape index (κ2) is 9.02. The predicted octanol–water partition coefficient (Wildman–Crippen LogP) is 3.79. The number of halogens is 2. The number of nitrogens with zero attached hydrogens (tertiary/aromatic N) is 3. The van der Waals surface area contributed by atoms with E-state index in [4.69, 9.17) is 32.7 Å². The third kappa shape index (κ3) is 4.81. The van der Waals surface area contributed by atoms with Gasteiger partial charge in [-0.1, -0.05) is 23.2 Å². The fraction of sp³-hybridized carbons (Fsp3) is 0.158. The maximum atomic E-state index is 12.6. The van der Waals surface area contributed by atoms with Crippen molar-refractivity contribution in [3.05, 3.63) is 80.2 Å². The lowest BCUT2D eigenvalue weighted by atomic mass is 10.3. The van der Waals surface area contributed by atoms with Crippen molar-refractivity contribution >= 4 is 35.3 Å². The fourth-order valence-corrected chi connectivity index (χ4v) is 2.97. The van der Waals surface area contributed by atoms with Crippen LogP contribution < -0.4 is 9.47 Å². The Bertz CT molecular complexity index is 1010. The van der Waals surface area contributed by atoms with Crippen molar-refractivity contribution in [3.8, 4) is 11.5 Å². The predicted molar refractivity (Wildman–Crippen MR) is 108 cm³/mol. The summed E-state index contributed by atoms with van der Waals surface area (Å²) >= 11 is 11.6. The molecule has 11 heteroatoms. The highest BCUT2D eigenvalue weighted by Crippen LogP contribution is 2.25. The van der Waals surface area contributed by atoms with Gasteiger partial charge in [-0.3, -0.25) is 15.0 Å². The zero-order valence-corrected chi connectivity index (χ0v) is 17.1. The summed E-state index contributed by atoms with van der Waals surface area (Å²) in [5.41, 5.74) is -0.891. The molecule has 0 bridgehead atoms. The highest BCUT2D eigenvalue weighted by molar-refractivity contribution is 6.30. The number of ether oxygens (including phenoxy) is 2. The van der Waals surface area contributed by atoms with Gasteiger partial charge in [-0.2, -0.15) is 0 Å². The number of amides is 1. The summed E-state index contributed by atoms with van der Waals surface area (Å²) in [6.07, 6.45) is -0.879. The van der Waals surface area contributed by atoms with E-state index in [0.29, 0.717) is 10.0 Å². The van der Waals surface area contributed by atoms with Crippen LogP contribution in [0.2, 0.25) is 10.0 Å². The monoisotopic (exact) mass is 451 g/mol. The van der Waals surface area contributed by atoms with Crippen LogP contribution in [0.25, 0.3) is 0 Å². The lowest BCUT2D eigenvalue weighted by Gasteiger charge is -2.19. The van der Waals surface area contributed by atoms with Gasteiger partial charge in [0.15, 0.2) is 0 Å². The van der Waals surface area contributed by atoms with Crippen LogP contribution in [-0.4, -0.2) is 46.9 Å². The molecule has 2 aromatic carbocycles. The van der Waals surface area contributed by atoms with Crippen LogP contribution in [0, 0.1) is 10.1 Å². The first-order valence-electron chi connectivity index (χ1n) is 8.58. The lowest BCUT2D eigenvalue weighted by Crippen LogP contribution is -2.35. The number of carbonyl (C=O) groups excluding carboxylic acids is 2. The number of nitro groups is 1. The molecule has 0 aliphatic carbocycles. The zero-order chi connectivity index (χ0) is 21.8. The van der Waals surface area contributed by atoms with E-state index in [1.54, 1.807) is 0 Å². The van der Waals surface area contributed by atoms with Gasteiger partial charge >= 0.3 is 17.8 Å². The van der Waals surface area contributed by atoms with Crippen molar-refractivity contribution in [3.63, 3.8) is 0 Å². The molecule has 30 heavy (non-hydrogen) atoms. The third-order valence-corrected chi connectivity index (χ3v) is 4.63. The molecule has 0 saturated carbocycles. The number of esters is 1. The van der Waals surface area contributed by atoms with Crippen LogP contribution in [-0.2, 0) is 4.79 Å². The second-order valence-electron chi connectivity index (χ2n) is 6.17. The van der Waals surface area contributed by atoms with Gasteiger partial charge < -0.3 is 14.4 Å². The van der Waals surface area contributed by atoms with Crippen LogP contribution >= 0.6 is 23.2 Å². The summed E-state index contributed by atoms with van der Waals surface area (Å²) in [6.45, 7) is 0.348. The Hall–Kier alpha value is -3.30. The minimum absolute atomic E-state index is 0.0697. The molecule has 2 aromatic rings. The molecule has 0 atom stereocenters. The van der Waals surface area contributed by atoms with Crippen LogP contribution in [0.1, 0.15) is 0 Å². The number of hydrogen-bond donors (Lipinski definition) is 0. The Morgan fingerprint density at radius 1 is 0.933 bits per heavy atom. The zero-order valence-electron chi connectivity index (χ0n) is 15.6. The average molecular weight is 452 g/mol. The molecule has 1 heterocycles. The molecule has 1 aliphatic heterocycles. The second-order valence-corrected chi connectivity index (χ2v) is 7.04. The SMILES string of the molecule is CN1CCN(C(=O)Oc2ccc(Cl)cc2)/C1=C(/C(=O)Oc1ccc(Cl)cc1)[N+](=O)[O-]. The summed E-state index contributed by atoms with van der Waals surface area (Å²) in [7, 11) is 1.52. The molecule has 0 radical (unpaired) electrons. The van der Waals surface area contributed by atoms with Crippen molar-refractivity contribution in [2.45, 2.75) is 0 Å². The maximum absolute atomic E-state index is 12.6. The first-order valence-corrected chi connectivity index (χ1v) is 9.34. The summed E-state index contributed by atoms with van der Waals surface area (Å²) in [5.74, 6) is -1.18. The molecular weight excluding hydrogens is 437 g/mol. The summed E-state index contributed by atoms with van der Waals surface area (Å²) in [6, 6.07) is 11.8. The molecule has 0 spiro atoms. The largest absolute Gasteiger partial charge is 0.421 e. The molecule has 1 aliphatic rings. The smallest absolute Gasteiger partial charge is 0.418 e.